The molecule has 112 valence electrons. The Bertz CT molecular complexity index is 626. The summed E-state index contributed by atoms with van der Waals surface area (Å²) < 4.78 is 36.1. The van der Waals surface area contributed by atoms with Crippen molar-refractivity contribution in [2.75, 3.05) is 6.26 Å². The number of hydrogen-bond acceptors (Lipinski definition) is 4. The molecule has 0 aliphatic rings. The summed E-state index contributed by atoms with van der Waals surface area (Å²) in [5.74, 6) is 0. The van der Waals surface area contributed by atoms with Crippen LogP contribution in [0.2, 0.25) is 0 Å². The van der Waals surface area contributed by atoms with Gasteiger partial charge >= 0.3 is 0 Å². The maximum Gasteiger partial charge on any atom is 0.252 e. The first-order valence-electron chi connectivity index (χ1n) is 6.04. The fraction of sp³-hybridized carbons (Fsp3) is 0.462. The number of sulfone groups is 1. The molecular formula is C13H17ClO4S2. The summed E-state index contributed by atoms with van der Waals surface area (Å²) in [7, 11) is -3.60. The van der Waals surface area contributed by atoms with Gasteiger partial charge in [-0.1, -0.05) is 6.92 Å². The molecule has 0 N–H and O–H groups in total. The number of hydrogen-bond donors (Lipinski definition) is 0. The van der Waals surface area contributed by atoms with Crippen LogP contribution in [0.4, 0.5) is 0 Å². The van der Waals surface area contributed by atoms with Crippen molar-refractivity contribution in [1.29, 1.82) is 0 Å². The van der Waals surface area contributed by atoms with Crippen LogP contribution in [0.5, 0.6) is 0 Å². The predicted molar refractivity (Wildman–Crippen MR) is 80.6 cm³/mol. The molecule has 7 heteroatoms. The van der Waals surface area contributed by atoms with Gasteiger partial charge in [0.25, 0.3) is 5.24 Å². The van der Waals surface area contributed by atoms with Gasteiger partial charge in [-0.15, -0.1) is 0 Å². The minimum atomic E-state index is -3.60. The molecule has 0 amide bonds. The lowest BCUT2D eigenvalue weighted by Gasteiger charge is -2.19. The highest BCUT2D eigenvalue weighted by Gasteiger charge is 2.28. The maximum atomic E-state index is 12.4. The molecule has 1 rings (SSSR count). The summed E-state index contributed by atoms with van der Waals surface area (Å²) in [4.78, 5) is 11.5. The van der Waals surface area contributed by atoms with Gasteiger partial charge in [0.15, 0.2) is 14.7 Å². The second-order valence-electron chi connectivity index (χ2n) is 4.68. The van der Waals surface area contributed by atoms with Crippen molar-refractivity contribution in [3.63, 3.8) is 0 Å². The van der Waals surface area contributed by atoms with Crippen LogP contribution in [0.25, 0.3) is 0 Å². The Kier molecular flexibility index (Phi) is 5.66. The number of aryl methyl sites for hydroxylation is 1. The standard InChI is InChI=1S/C13H17ClO4S2/c1-5-9(3)19(16)11-6-8(2)10(13(14)15)7-12(11)20(4,17)18/h6-7,9H,5H2,1-4H3. The van der Waals surface area contributed by atoms with Crippen molar-refractivity contribution in [2.45, 2.75) is 42.2 Å². The third-order valence-electron chi connectivity index (χ3n) is 3.06. The van der Waals surface area contributed by atoms with Gasteiger partial charge in [0, 0.05) is 11.8 Å². The fourth-order valence-electron chi connectivity index (χ4n) is 1.69. The van der Waals surface area contributed by atoms with Crippen molar-refractivity contribution < 1.29 is 17.8 Å². The van der Waals surface area contributed by atoms with Crippen molar-refractivity contribution in [3.05, 3.63) is 23.3 Å². The summed E-state index contributed by atoms with van der Waals surface area (Å²) >= 11 is 3.99. The lowest BCUT2D eigenvalue weighted by atomic mass is 10.1. The zero-order valence-corrected chi connectivity index (χ0v) is 14.2. The van der Waals surface area contributed by atoms with E-state index in [0.29, 0.717) is 12.0 Å². The van der Waals surface area contributed by atoms with Gasteiger partial charge in [0.1, 0.15) is 10.1 Å². The van der Waals surface area contributed by atoms with Gasteiger partial charge in [-0.25, -0.2) is 8.42 Å². The van der Waals surface area contributed by atoms with Gasteiger partial charge < -0.3 is 4.55 Å². The lowest BCUT2D eigenvalue weighted by Crippen LogP contribution is -2.20. The van der Waals surface area contributed by atoms with E-state index in [2.05, 4.69) is 0 Å². The van der Waals surface area contributed by atoms with Crippen molar-refractivity contribution >= 4 is 37.9 Å². The molecule has 0 aliphatic heterocycles. The minimum absolute atomic E-state index is 0.0919. The molecule has 2 unspecified atom stereocenters. The zero-order chi connectivity index (χ0) is 15.7. The predicted octanol–water partition coefficient (Wildman–Crippen LogP) is 2.68. The molecule has 0 heterocycles. The summed E-state index contributed by atoms with van der Waals surface area (Å²) in [6, 6.07) is 2.70. The molecule has 1 aromatic rings. The molecule has 0 aromatic heterocycles. The van der Waals surface area contributed by atoms with Crippen LogP contribution < -0.4 is 0 Å². The first-order chi connectivity index (χ1) is 9.09. The second kappa shape index (κ2) is 6.47. The third kappa shape index (κ3) is 3.75. The number of halogens is 1. The Morgan fingerprint density at radius 2 is 2.00 bits per heavy atom. The fourth-order valence-corrected chi connectivity index (χ4v) is 4.64. The molecule has 20 heavy (non-hydrogen) atoms. The van der Waals surface area contributed by atoms with Crippen LogP contribution in [0.1, 0.15) is 36.2 Å². The Hall–Kier alpha value is -0.560. The topological polar surface area (TPSA) is 74.3 Å². The summed E-state index contributed by atoms with van der Waals surface area (Å²) in [6.07, 6.45) is 1.68. The largest absolute Gasteiger partial charge is 0.611 e. The molecule has 0 bridgehead atoms. The van der Waals surface area contributed by atoms with E-state index in [1.807, 2.05) is 6.92 Å². The van der Waals surface area contributed by atoms with Gasteiger partial charge in [-0.2, -0.15) is 0 Å². The van der Waals surface area contributed by atoms with E-state index in [1.165, 1.54) is 12.1 Å². The summed E-state index contributed by atoms with van der Waals surface area (Å²) in [6.45, 7) is 5.31. The lowest BCUT2D eigenvalue weighted by molar-refractivity contribution is 0.108. The highest BCUT2D eigenvalue weighted by molar-refractivity contribution is 7.94. The average molecular weight is 337 g/mol. The Balaban J connectivity index is 3.59. The van der Waals surface area contributed by atoms with Crippen molar-refractivity contribution in [3.8, 4) is 0 Å². The molecular weight excluding hydrogens is 320 g/mol. The van der Waals surface area contributed by atoms with Crippen LogP contribution in [0.3, 0.4) is 0 Å². The van der Waals surface area contributed by atoms with Crippen molar-refractivity contribution in [1.82, 2.24) is 0 Å². The quantitative estimate of drug-likeness (QED) is 0.612. The van der Waals surface area contributed by atoms with E-state index in [0.717, 1.165) is 6.26 Å². The van der Waals surface area contributed by atoms with Crippen LogP contribution in [-0.4, -0.2) is 29.7 Å². The first-order valence-corrected chi connectivity index (χ1v) is 9.53. The summed E-state index contributed by atoms with van der Waals surface area (Å²) in [5, 5.41) is -0.902. The molecule has 0 radical (unpaired) electrons. The molecule has 2 atom stereocenters. The number of rotatable bonds is 5. The average Bonchev–Trinajstić information content (AvgIpc) is 2.34. The Labute approximate surface area is 127 Å². The third-order valence-corrected chi connectivity index (χ3v) is 6.36. The van der Waals surface area contributed by atoms with Crippen LogP contribution in [-0.2, 0) is 21.0 Å². The molecule has 4 nitrogen and oxygen atoms in total. The minimum Gasteiger partial charge on any atom is -0.611 e. The van der Waals surface area contributed by atoms with E-state index in [1.54, 1.807) is 13.8 Å². The SMILES string of the molecule is CCC(C)[S+]([O-])c1cc(C)c(C(=O)Cl)cc1S(C)(=O)=O. The van der Waals surface area contributed by atoms with Crippen LogP contribution >= 0.6 is 11.6 Å². The number of carbonyl (C=O) groups excluding carboxylic acids is 1. The van der Waals surface area contributed by atoms with Crippen molar-refractivity contribution in [2.24, 2.45) is 0 Å². The van der Waals surface area contributed by atoms with Gasteiger partial charge in [0.05, 0.1) is 0 Å². The molecule has 0 spiro atoms. The molecule has 0 saturated heterocycles. The summed E-state index contributed by atoms with van der Waals surface area (Å²) in [5.41, 5.74) is 0.640. The van der Waals surface area contributed by atoms with E-state index in [-0.39, 0.29) is 20.6 Å². The zero-order valence-electron chi connectivity index (χ0n) is 11.8. The van der Waals surface area contributed by atoms with Gasteiger partial charge in [0.2, 0.25) is 0 Å². The Morgan fingerprint density at radius 1 is 1.45 bits per heavy atom. The number of benzene rings is 1. The van der Waals surface area contributed by atoms with E-state index in [4.69, 9.17) is 11.6 Å². The highest BCUT2D eigenvalue weighted by Crippen LogP contribution is 2.29. The highest BCUT2D eigenvalue weighted by atomic mass is 35.5. The van der Waals surface area contributed by atoms with E-state index in [9.17, 15) is 17.8 Å². The monoisotopic (exact) mass is 336 g/mol. The van der Waals surface area contributed by atoms with Gasteiger partial charge in [-0.05, 0) is 60.7 Å². The Morgan fingerprint density at radius 3 is 2.40 bits per heavy atom. The van der Waals surface area contributed by atoms with Crippen LogP contribution in [0.15, 0.2) is 21.9 Å². The van der Waals surface area contributed by atoms with E-state index < -0.39 is 26.3 Å². The normalized spacial score (nSPS) is 14.9. The first kappa shape index (κ1) is 17.5. The maximum absolute atomic E-state index is 12.4. The van der Waals surface area contributed by atoms with Crippen LogP contribution in [0, 0.1) is 6.92 Å². The molecule has 1 aromatic carbocycles. The molecule has 0 saturated carbocycles. The van der Waals surface area contributed by atoms with E-state index >= 15 is 0 Å². The number of carbonyl (C=O) groups is 1. The smallest absolute Gasteiger partial charge is 0.252 e. The van der Waals surface area contributed by atoms with Gasteiger partial charge in [-0.3, -0.25) is 4.79 Å². The molecule has 0 aliphatic carbocycles. The second-order valence-corrected chi connectivity index (χ2v) is 8.84. The molecule has 0 fully saturated rings.